The van der Waals surface area contributed by atoms with Crippen molar-refractivity contribution in [3.05, 3.63) is 74.0 Å². The first kappa shape index (κ1) is 20.8. The molecule has 2 aromatic carbocycles. The van der Waals surface area contributed by atoms with Gasteiger partial charge in [0, 0.05) is 16.8 Å². The minimum Gasteiger partial charge on any atom is -0.462 e. The zero-order valence-electron chi connectivity index (χ0n) is 16.4. The number of hydrogen-bond acceptors (Lipinski definition) is 4. The zero-order chi connectivity index (χ0) is 21.1. The van der Waals surface area contributed by atoms with E-state index >= 15 is 0 Å². The van der Waals surface area contributed by atoms with Gasteiger partial charge in [0.25, 0.3) is 0 Å². The van der Waals surface area contributed by atoms with Crippen LogP contribution in [0, 0.1) is 13.8 Å². The molecule has 1 N–H and O–H groups in total. The van der Waals surface area contributed by atoms with E-state index < -0.39 is 5.97 Å². The number of aromatic nitrogens is 1. The van der Waals surface area contributed by atoms with Crippen LogP contribution < -0.4 is 10.7 Å². The van der Waals surface area contributed by atoms with E-state index in [0.29, 0.717) is 26.8 Å². The van der Waals surface area contributed by atoms with E-state index in [9.17, 15) is 14.4 Å². The number of aryl methyl sites for hydroxylation is 1. The Morgan fingerprint density at radius 2 is 1.86 bits per heavy atom. The molecule has 0 fully saturated rings. The third-order valence-corrected chi connectivity index (χ3v) is 5.57. The number of hydrogen-bond donors (Lipinski definition) is 1. The summed E-state index contributed by atoms with van der Waals surface area (Å²) in [6.07, 6.45) is 0. The number of benzene rings is 2. The Bertz CT molecular complexity index is 1170. The molecule has 1 aromatic heterocycles. The molecule has 0 aliphatic rings. The summed E-state index contributed by atoms with van der Waals surface area (Å²) in [6, 6.07) is 12.1. The molecule has 1 heterocycles. The molecule has 0 saturated heterocycles. The van der Waals surface area contributed by atoms with Crippen LogP contribution in [0.4, 0.5) is 5.69 Å². The van der Waals surface area contributed by atoms with E-state index in [1.807, 2.05) is 23.6 Å². The Morgan fingerprint density at radius 3 is 2.59 bits per heavy atom. The van der Waals surface area contributed by atoms with Crippen molar-refractivity contribution in [1.29, 1.82) is 0 Å². The molecule has 0 bridgehead atoms. The van der Waals surface area contributed by atoms with E-state index in [1.165, 1.54) is 0 Å². The van der Waals surface area contributed by atoms with Crippen LogP contribution in [-0.4, -0.2) is 23.1 Å². The maximum Gasteiger partial charge on any atom is 0.338 e. The van der Waals surface area contributed by atoms with Gasteiger partial charge in [-0.15, -0.1) is 0 Å². The molecule has 3 aromatic rings. The van der Waals surface area contributed by atoms with E-state index in [2.05, 4.69) is 21.2 Å². The lowest BCUT2D eigenvalue weighted by Crippen LogP contribution is -2.23. The number of halogens is 1. The van der Waals surface area contributed by atoms with Crippen LogP contribution in [0.15, 0.2) is 51.7 Å². The van der Waals surface area contributed by atoms with Crippen molar-refractivity contribution in [2.75, 3.05) is 11.9 Å². The maximum absolute atomic E-state index is 12.8. The number of anilines is 1. The fourth-order valence-electron chi connectivity index (χ4n) is 3.25. The zero-order valence-corrected chi connectivity index (χ0v) is 18.0. The molecule has 0 radical (unpaired) electrons. The largest absolute Gasteiger partial charge is 0.462 e. The predicted octanol–water partition coefficient (Wildman–Crippen LogP) is 4.20. The van der Waals surface area contributed by atoms with E-state index in [0.717, 1.165) is 11.1 Å². The summed E-state index contributed by atoms with van der Waals surface area (Å²) in [5, 5.41) is 3.37. The topological polar surface area (TPSA) is 77.4 Å². The van der Waals surface area contributed by atoms with Crippen molar-refractivity contribution in [2.45, 2.75) is 27.3 Å². The van der Waals surface area contributed by atoms with Crippen LogP contribution in [0.25, 0.3) is 10.9 Å². The lowest BCUT2D eigenvalue weighted by Gasteiger charge is -2.17. The molecule has 0 unspecified atom stereocenters. The summed E-state index contributed by atoms with van der Waals surface area (Å²) in [4.78, 5) is 37.2. The SMILES string of the molecule is CCOC(=O)c1cccc(NC(=O)Cn2c(C)c(Br)c(=O)c3cccc(C)c32)c1. The third-order valence-electron chi connectivity index (χ3n) is 4.63. The highest BCUT2D eigenvalue weighted by molar-refractivity contribution is 9.10. The highest BCUT2D eigenvalue weighted by atomic mass is 79.9. The van der Waals surface area contributed by atoms with Gasteiger partial charge in [0.05, 0.1) is 22.2 Å². The van der Waals surface area contributed by atoms with Gasteiger partial charge in [0.2, 0.25) is 11.3 Å². The number of nitrogens with zero attached hydrogens (tertiary/aromatic N) is 1. The first-order chi connectivity index (χ1) is 13.8. The van der Waals surface area contributed by atoms with Crippen LogP contribution in [0.5, 0.6) is 0 Å². The standard InChI is InChI=1S/C22H21BrN2O4/c1-4-29-22(28)15-8-6-9-16(11-15)24-18(26)12-25-14(3)19(23)21(27)17-10-5-7-13(2)20(17)25/h5-11H,4,12H2,1-3H3,(H,24,26). The van der Waals surface area contributed by atoms with E-state index in [1.54, 1.807) is 44.2 Å². The third kappa shape index (κ3) is 4.24. The number of esters is 1. The van der Waals surface area contributed by atoms with Crippen molar-refractivity contribution >= 4 is 44.4 Å². The van der Waals surface area contributed by atoms with Crippen molar-refractivity contribution in [2.24, 2.45) is 0 Å². The monoisotopic (exact) mass is 456 g/mol. The van der Waals surface area contributed by atoms with Gasteiger partial charge < -0.3 is 14.6 Å². The van der Waals surface area contributed by atoms with Crippen LogP contribution in [0.1, 0.15) is 28.5 Å². The number of para-hydroxylation sites is 1. The summed E-state index contributed by atoms with van der Waals surface area (Å²) in [5.41, 5.74) is 3.08. The molecule has 0 atom stereocenters. The number of fused-ring (bicyclic) bond motifs is 1. The van der Waals surface area contributed by atoms with Crippen LogP contribution >= 0.6 is 15.9 Å². The Labute approximate surface area is 176 Å². The van der Waals surface area contributed by atoms with Crippen molar-refractivity contribution in [1.82, 2.24) is 4.57 Å². The summed E-state index contributed by atoms with van der Waals surface area (Å²) in [6.45, 7) is 5.75. The summed E-state index contributed by atoms with van der Waals surface area (Å²) in [5.74, 6) is -0.709. The number of nitrogens with one attached hydrogen (secondary N) is 1. The lowest BCUT2D eigenvalue weighted by atomic mass is 10.1. The molecule has 29 heavy (non-hydrogen) atoms. The van der Waals surface area contributed by atoms with Gasteiger partial charge in [-0.2, -0.15) is 0 Å². The molecule has 0 spiro atoms. The number of amides is 1. The molecule has 1 amide bonds. The fourth-order valence-corrected chi connectivity index (χ4v) is 3.68. The minimum atomic E-state index is -0.439. The highest BCUT2D eigenvalue weighted by Crippen LogP contribution is 2.22. The van der Waals surface area contributed by atoms with Gasteiger partial charge in [-0.1, -0.05) is 18.2 Å². The lowest BCUT2D eigenvalue weighted by molar-refractivity contribution is -0.116. The molecule has 6 nitrogen and oxygen atoms in total. The van der Waals surface area contributed by atoms with Crippen LogP contribution in [0.3, 0.4) is 0 Å². The minimum absolute atomic E-state index is 0.0235. The maximum atomic E-state index is 12.8. The van der Waals surface area contributed by atoms with Crippen molar-refractivity contribution in [3.8, 4) is 0 Å². The number of ether oxygens (including phenoxy) is 1. The van der Waals surface area contributed by atoms with Crippen LogP contribution in [0.2, 0.25) is 0 Å². The normalized spacial score (nSPS) is 10.8. The number of carbonyl (C=O) groups excluding carboxylic acids is 2. The second-order valence-corrected chi connectivity index (χ2v) is 7.43. The van der Waals surface area contributed by atoms with E-state index in [4.69, 9.17) is 4.74 Å². The molecule has 7 heteroatoms. The molecular weight excluding hydrogens is 436 g/mol. The van der Waals surface area contributed by atoms with Crippen molar-refractivity contribution < 1.29 is 14.3 Å². The highest BCUT2D eigenvalue weighted by Gasteiger charge is 2.16. The molecule has 0 aliphatic carbocycles. The number of rotatable bonds is 5. The average Bonchev–Trinajstić information content (AvgIpc) is 2.70. The molecule has 0 saturated carbocycles. The Hall–Kier alpha value is -2.93. The van der Waals surface area contributed by atoms with E-state index in [-0.39, 0.29) is 24.5 Å². The Morgan fingerprint density at radius 1 is 1.14 bits per heavy atom. The summed E-state index contributed by atoms with van der Waals surface area (Å²) in [7, 11) is 0. The van der Waals surface area contributed by atoms with Gasteiger partial charge in [0.1, 0.15) is 6.54 Å². The Kier molecular flexibility index (Phi) is 6.17. The molecule has 3 rings (SSSR count). The smallest absolute Gasteiger partial charge is 0.338 e. The van der Waals surface area contributed by atoms with Crippen molar-refractivity contribution in [3.63, 3.8) is 0 Å². The quantitative estimate of drug-likeness (QED) is 0.583. The summed E-state index contributed by atoms with van der Waals surface area (Å²) >= 11 is 3.36. The first-order valence-electron chi connectivity index (χ1n) is 9.18. The molecule has 0 aliphatic heterocycles. The van der Waals surface area contributed by atoms with Gasteiger partial charge in [-0.25, -0.2) is 4.79 Å². The van der Waals surface area contributed by atoms with Gasteiger partial charge in [-0.05, 0) is 66.5 Å². The molecular formula is C22H21BrN2O4. The van der Waals surface area contributed by atoms with Gasteiger partial charge >= 0.3 is 5.97 Å². The number of carbonyl (C=O) groups is 2. The fraction of sp³-hybridized carbons (Fsp3) is 0.227. The molecule has 150 valence electrons. The Balaban J connectivity index is 1.93. The van der Waals surface area contributed by atoms with Crippen LogP contribution in [-0.2, 0) is 16.1 Å². The second-order valence-electron chi connectivity index (χ2n) is 6.64. The summed E-state index contributed by atoms with van der Waals surface area (Å²) < 4.78 is 7.25. The predicted molar refractivity (Wildman–Crippen MR) is 116 cm³/mol. The second kappa shape index (κ2) is 8.61. The number of pyridine rings is 1. The first-order valence-corrected chi connectivity index (χ1v) is 9.98. The van der Waals surface area contributed by atoms with Gasteiger partial charge in [-0.3, -0.25) is 9.59 Å². The average molecular weight is 457 g/mol. The van der Waals surface area contributed by atoms with Gasteiger partial charge in [0.15, 0.2) is 0 Å².